The Morgan fingerprint density at radius 2 is 1.96 bits per heavy atom. The fourth-order valence-corrected chi connectivity index (χ4v) is 3.13. The molecule has 0 atom stereocenters. The van der Waals surface area contributed by atoms with Gasteiger partial charge in [0.1, 0.15) is 11.5 Å². The molecule has 1 heteroatoms. The van der Waals surface area contributed by atoms with E-state index in [9.17, 15) is 0 Å². The van der Waals surface area contributed by atoms with Crippen LogP contribution in [0.15, 0.2) is 60.7 Å². The highest BCUT2D eigenvalue weighted by atomic mass is 16.5. The molecule has 1 nitrogen and oxygen atoms in total. The minimum absolute atomic E-state index is 0.923. The van der Waals surface area contributed by atoms with Gasteiger partial charge in [0.15, 0.2) is 0 Å². The normalized spacial score (nSPS) is 14.0. The molecule has 2 aromatic carbocycles. The number of rotatable bonds is 4. The number of ether oxygens (including phenoxy) is 1. The summed E-state index contributed by atoms with van der Waals surface area (Å²) in [7, 11) is 0. The van der Waals surface area contributed by atoms with Crippen molar-refractivity contribution in [3.05, 3.63) is 82.3 Å². The topological polar surface area (TPSA) is 9.23 Å². The molecule has 0 bridgehead atoms. The molecule has 0 fully saturated rings. The van der Waals surface area contributed by atoms with Crippen LogP contribution >= 0.6 is 0 Å². The zero-order valence-corrected chi connectivity index (χ0v) is 14.7. The van der Waals surface area contributed by atoms with Gasteiger partial charge in [0.2, 0.25) is 0 Å². The molecule has 2 aromatic rings. The molecule has 0 radical (unpaired) electrons. The maximum absolute atomic E-state index is 6.25. The molecule has 24 heavy (non-hydrogen) atoms. The lowest BCUT2D eigenvalue weighted by Gasteiger charge is -2.22. The number of fused-ring (bicyclic) bond motifs is 2. The summed E-state index contributed by atoms with van der Waals surface area (Å²) in [5.41, 5.74) is 4.66. The third-order valence-electron chi connectivity index (χ3n) is 4.39. The first-order valence-electron chi connectivity index (χ1n) is 8.60. The maximum Gasteiger partial charge on any atom is 0.135 e. The van der Waals surface area contributed by atoms with Crippen molar-refractivity contribution in [2.75, 3.05) is 0 Å². The Morgan fingerprint density at radius 1 is 1.12 bits per heavy atom. The Hall–Kier alpha value is -2.54. The van der Waals surface area contributed by atoms with Gasteiger partial charge in [0.25, 0.3) is 0 Å². The molecule has 0 unspecified atom stereocenters. The number of aryl methyl sites for hydroxylation is 1. The van der Waals surface area contributed by atoms with Crippen molar-refractivity contribution in [2.24, 2.45) is 0 Å². The van der Waals surface area contributed by atoms with Crippen LogP contribution in [0.2, 0.25) is 0 Å². The van der Waals surface area contributed by atoms with E-state index in [-0.39, 0.29) is 0 Å². The van der Waals surface area contributed by atoms with Gasteiger partial charge in [0.05, 0.1) is 0 Å². The van der Waals surface area contributed by atoms with Crippen LogP contribution in [0.25, 0.3) is 11.6 Å². The van der Waals surface area contributed by atoms with Gasteiger partial charge in [-0.2, -0.15) is 0 Å². The first-order valence-corrected chi connectivity index (χ1v) is 8.60. The van der Waals surface area contributed by atoms with Gasteiger partial charge in [-0.1, -0.05) is 62.4 Å². The van der Waals surface area contributed by atoms with Crippen LogP contribution in [-0.2, 0) is 0 Å². The highest BCUT2D eigenvalue weighted by molar-refractivity contribution is 5.86. The van der Waals surface area contributed by atoms with E-state index in [4.69, 9.17) is 4.74 Å². The highest BCUT2D eigenvalue weighted by Crippen LogP contribution is 2.36. The summed E-state index contributed by atoms with van der Waals surface area (Å²) < 4.78 is 6.25. The lowest BCUT2D eigenvalue weighted by molar-refractivity contribution is 0.471. The summed E-state index contributed by atoms with van der Waals surface area (Å²) in [5.74, 6) is 1.85. The average molecular weight is 316 g/mol. The molecular weight excluding hydrogens is 292 g/mol. The Kier molecular flexibility index (Phi) is 4.71. The molecule has 3 rings (SSSR count). The minimum atomic E-state index is 0.923. The molecule has 122 valence electrons. The van der Waals surface area contributed by atoms with Crippen molar-refractivity contribution < 1.29 is 4.74 Å². The van der Waals surface area contributed by atoms with Crippen LogP contribution in [-0.4, -0.2) is 0 Å². The van der Waals surface area contributed by atoms with E-state index in [1.54, 1.807) is 0 Å². The number of unbranched alkanes of at least 4 members (excludes halogenated alkanes) is 1. The van der Waals surface area contributed by atoms with Crippen LogP contribution in [0.5, 0.6) is 11.5 Å². The molecule has 0 saturated heterocycles. The van der Waals surface area contributed by atoms with Crippen molar-refractivity contribution in [2.45, 2.75) is 33.6 Å². The van der Waals surface area contributed by atoms with Crippen LogP contribution in [0.1, 0.15) is 37.8 Å². The average Bonchev–Trinajstić information content (AvgIpc) is 2.59. The molecule has 0 saturated carbocycles. The fourth-order valence-electron chi connectivity index (χ4n) is 3.13. The SMILES string of the molecule is C=C/C(=C\C)C1=c2cc/c(=C/CCC)cc2Oc2cc(C)ccc21. The van der Waals surface area contributed by atoms with E-state index in [0.29, 0.717) is 0 Å². The molecule has 0 amide bonds. The van der Waals surface area contributed by atoms with Crippen LogP contribution < -0.4 is 15.2 Å². The number of hydrogen-bond donors (Lipinski definition) is 0. The van der Waals surface area contributed by atoms with E-state index >= 15 is 0 Å². The lowest BCUT2D eigenvalue weighted by atomic mass is 9.91. The molecule has 1 aliphatic heterocycles. The summed E-state index contributed by atoms with van der Waals surface area (Å²) in [4.78, 5) is 0. The van der Waals surface area contributed by atoms with Gasteiger partial charge < -0.3 is 4.74 Å². The highest BCUT2D eigenvalue weighted by Gasteiger charge is 2.19. The maximum atomic E-state index is 6.25. The predicted octanol–water partition coefficient (Wildman–Crippen LogP) is 5.01. The second-order valence-electron chi connectivity index (χ2n) is 6.17. The van der Waals surface area contributed by atoms with Gasteiger partial charge >= 0.3 is 0 Å². The predicted molar refractivity (Wildman–Crippen MR) is 103 cm³/mol. The molecule has 0 N–H and O–H groups in total. The van der Waals surface area contributed by atoms with Crippen LogP contribution in [0, 0.1) is 6.92 Å². The standard InChI is InChI=1S/C23H24O/c1-5-8-9-17-11-13-20-22(15-17)24-21-14-16(4)10-12-19(21)23(20)18(6-2)7-3/h6-7,9-15H,2,5,8H2,1,3-4H3/b17-9-,18-7+. The summed E-state index contributed by atoms with van der Waals surface area (Å²) >= 11 is 0. The fraction of sp³-hybridized carbons (Fsp3) is 0.217. The first-order chi connectivity index (χ1) is 11.7. The van der Waals surface area contributed by atoms with Gasteiger partial charge in [-0.05, 0) is 48.8 Å². The van der Waals surface area contributed by atoms with Crippen LogP contribution in [0.3, 0.4) is 0 Å². The number of benzene rings is 2. The van der Waals surface area contributed by atoms with Gasteiger partial charge in [0, 0.05) is 16.4 Å². The van der Waals surface area contributed by atoms with E-state index in [2.05, 4.69) is 75.9 Å². The van der Waals surface area contributed by atoms with E-state index < -0.39 is 0 Å². The summed E-state index contributed by atoms with van der Waals surface area (Å²) in [6.45, 7) is 10.3. The third kappa shape index (κ3) is 2.94. The second kappa shape index (κ2) is 6.92. The number of hydrogen-bond acceptors (Lipinski definition) is 1. The molecule has 1 heterocycles. The Bertz CT molecular complexity index is 929. The van der Waals surface area contributed by atoms with Crippen molar-refractivity contribution in [3.63, 3.8) is 0 Å². The summed E-state index contributed by atoms with van der Waals surface area (Å²) in [5, 5.41) is 2.35. The van der Waals surface area contributed by atoms with Crippen molar-refractivity contribution in [1.29, 1.82) is 0 Å². The van der Waals surface area contributed by atoms with Gasteiger partial charge in [-0.25, -0.2) is 0 Å². The summed E-state index contributed by atoms with van der Waals surface area (Å²) in [6.07, 6.45) is 8.52. The van der Waals surface area contributed by atoms with Crippen LogP contribution in [0.4, 0.5) is 0 Å². The quantitative estimate of drug-likeness (QED) is 0.720. The van der Waals surface area contributed by atoms with E-state index in [0.717, 1.165) is 40.7 Å². The zero-order valence-electron chi connectivity index (χ0n) is 14.7. The zero-order chi connectivity index (χ0) is 17.1. The van der Waals surface area contributed by atoms with Crippen molar-refractivity contribution >= 4 is 11.6 Å². The molecule has 0 aromatic heterocycles. The van der Waals surface area contributed by atoms with Crippen molar-refractivity contribution in [1.82, 2.24) is 0 Å². The largest absolute Gasteiger partial charge is 0.456 e. The Morgan fingerprint density at radius 3 is 2.67 bits per heavy atom. The van der Waals surface area contributed by atoms with E-state index in [1.165, 1.54) is 16.4 Å². The Labute approximate surface area is 144 Å². The minimum Gasteiger partial charge on any atom is -0.456 e. The van der Waals surface area contributed by atoms with Gasteiger partial charge in [-0.3, -0.25) is 0 Å². The molecule has 0 spiro atoms. The molecular formula is C23H24O. The second-order valence-corrected chi connectivity index (χ2v) is 6.17. The Balaban J connectivity index is 2.33. The number of allylic oxidation sites excluding steroid dienone is 3. The lowest BCUT2D eigenvalue weighted by Crippen LogP contribution is -2.20. The summed E-state index contributed by atoms with van der Waals surface area (Å²) in [6, 6.07) is 12.9. The van der Waals surface area contributed by atoms with Crippen molar-refractivity contribution in [3.8, 4) is 11.5 Å². The van der Waals surface area contributed by atoms with E-state index in [1.807, 2.05) is 6.08 Å². The first kappa shape index (κ1) is 16.3. The van der Waals surface area contributed by atoms with Gasteiger partial charge in [-0.15, -0.1) is 0 Å². The molecule has 1 aliphatic rings. The smallest absolute Gasteiger partial charge is 0.135 e. The molecule has 0 aliphatic carbocycles. The monoisotopic (exact) mass is 316 g/mol. The third-order valence-corrected chi connectivity index (χ3v) is 4.39.